The first-order chi connectivity index (χ1) is 8.56. The minimum atomic E-state index is -0.365. The van der Waals surface area contributed by atoms with Crippen LogP contribution in [-0.4, -0.2) is 12.6 Å². The lowest BCUT2D eigenvalue weighted by Gasteiger charge is -2.12. The Morgan fingerprint density at radius 2 is 2.22 bits per heavy atom. The maximum absolute atomic E-state index is 13.1. The van der Waals surface area contributed by atoms with Crippen molar-refractivity contribution in [3.8, 4) is 0 Å². The van der Waals surface area contributed by atoms with Crippen LogP contribution in [0.1, 0.15) is 32.3 Å². The number of nitrogens with one attached hydrogen (secondary N) is 1. The van der Waals surface area contributed by atoms with Crippen molar-refractivity contribution in [2.75, 3.05) is 6.54 Å². The van der Waals surface area contributed by atoms with Crippen molar-refractivity contribution in [2.24, 2.45) is 5.92 Å². The molecule has 1 aromatic rings. The zero-order valence-electron chi connectivity index (χ0n) is 10.8. The van der Waals surface area contributed by atoms with Gasteiger partial charge in [-0.05, 0) is 36.5 Å². The molecule has 0 aromatic heterocycles. The van der Waals surface area contributed by atoms with Gasteiger partial charge in [0.15, 0.2) is 0 Å². The van der Waals surface area contributed by atoms with Crippen molar-refractivity contribution >= 4 is 17.7 Å². The number of halogens is 2. The van der Waals surface area contributed by atoms with Crippen LogP contribution in [0, 0.1) is 11.7 Å². The van der Waals surface area contributed by atoms with Crippen molar-refractivity contribution in [3.63, 3.8) is 0 Å². The molecule has 0 heterocycles. The average Bonchev–Trinajstić information content (AvgIpc) is 3.12. The highest BCUT2D eigenvalue weighted by molar-refractivity contribution is 6.30. The Morgan fingerprint density at radius 1 is 1.50 bits per heavy atom. The van der Waals surface area contributed by atoms with Gasteiger partial charge in [-0.2, -0.15) is 0 Å². The topological polar surface area (TPSA) is 12.0 Å². The summed E-state index contributed by atoms with van der Waals surface area (Å²) in [5.74, 6) is 0.107. The maximum atomic E-state index is 13.1. The molecular weight excluding hydrogens is 249 g/mol. The predicted octanol–water partition coefficient (Wildman–Crippen LogP) is 4.27. The summed E-state index contributed by atoms with van der Waals surface area (Å²) in [4.78, 5) is 0. The van der Waals surface area contributed by atoms with Crippen LogP contribution in [0.3, 0.4) is 0 Å². The molecule has 0 atom stereocenters. The van der Waals surface area contributed by atoms with Crippen LogP contribution in [-0.2, 0) is 0 Å². The van der Waals surface area contributed by atoms with E-state index in [0.717, 1.165) is 12.1 Å². The third-order valence-corrected chi connectivity index (χ3v) is 3.50. The zero-order chi connectivity index (χ0) is 13.1. The highest BCUT2D eigenvalue weighted by atomic mass is 35.5. The van der Waals surface area contributed by atoms with E-state index in [1.807, 2.05) is 0 Å². The second-order valence-corrected chi connectivity index (χ2v) is 5.61. The Bertz CT molecular complexity index is 450. The lowest BCUT2D eigenvalue weighted by molar-refractivity contribution is 0.628. The molecule has 0 spiro atoms. The van der Waals surface area contributed by atoms with E-state index in [-0.39, 0.29) is 10.8 Å². The van der Waals surface area contributed by atoms with Crippen molar-refractivity contribution < 1.29 is 4.39 Å². The molecule has 1 fully saturated rings. The summed E-state index contributed by atoms with van der Waals surface area (Å²) >= 11 is 5.79. The molecule has 1 nitrogen and oxygen atoms in total. The monoisotopic (exact) mass is 267 g/mol. The van der Waals surface area contributed by atoms with Gasteiger partial charge in [-0.15, -0.1) is 0 Å². The van der Waals surface area contributed by atoms with E-state index in [1.165, 1.54) is 24.5 Å². The molecule has 0 bridgehead atoms. The highest BCUT2D eigenvalue weighted by Gasteiger charge is 2.20. The number of hydrogen-bond donors (Lipinski definition) is 1. The van der Waals surface area contributed by atoms with Gasteiger partial charge < -0.3 is 5.32 Å². The van der Waals surface area contributed by atoms with E-state index in [0.29, 0.717) is 12.0 Å². The standard InChI is InChI=1S/C15H19ClFN/c1-10(2)12(9-18-13-4-5-13)7-11-3-6-15(17)14(16)8-11/h3,6-8,10,13,18H,4-5,9H2,1-2H3/b12-7+. The van der Waals surface area contributed by atoms with Crippen LogP contribution in [0.15, 0.2) is 23.8 Å². The second kappa shape index (κ2) is 5.85. The largest absolute Gasteiger partial charge is 0.310 e. The second-order valence-electron chi connectivity index (χ2n) is 5.20. The summed E-state index contributed by atoms with van der Waals surface area (Å²) in [5.41, 5.74) is 2.28. The molecule has 3 heteroatoms. The quantitative estimate of drug-likeness (QED) is 0.840. The summed E-state index contributed by atoms with van der Waals surface area (Å²) in [5, 5.41) is 3.69. The molecule has 0 saturated heterocycles. The Labute approximate surface area is 113 Å². The molecule has 1 saturated carbocycles. The Balaban J connectivity index is 2.11. The van der Waals surface area contributed by atoms with Crippen LogP contribution < -0.4 is 5.32 Å². The molecule has 1 N–H and O–H groups in total. The van der Waals surface area contributed by atoms with Crippen LogP contribution in [0.2, 0.25) is 5.02 Å². The maximum Gasteiger partial charge on any atom is 0.141 e. The lowest BCUT2D eigenvalue weighted by Crippen LogP contribution is -2.21. The molecule has 1 aliphatic rings. The smallest absolute Gasteiger partial charge is 0.141 e. The van der Waals surface area contributed by atoms with Gasteiger partial charge in [0.25, 0.3) is 0 Å². The summed E-state index contributed by atoms with van der Waals surface area (Å²) in [6.45, 7) is 5.24. The fraction of sp³-hybridized carbons (Fsp3) is 0.467. The Hall–Kier alpha value is -0.860. The lowest BCUT2D eigenvalue weighted by atomic mass is 10.00. The molecule has 1 aromatic carbocycles. The minimum Gasteiger partial charge on any atom is -0.310 e. The van der Waals surface area contributed by atoms with Crippen LogP contribution in [0.25, 0.3) is 6.08 Å². The van der Waals surface area contributed by atoms with Gasteiger partial charge in [-0.3, -0.25) is 0 Å². The molecular formula is C15H19ClFN. The summed E-state index contributed by atoms with van der Waals surface area (Å²) in [6.07, 6.45) is 4.67. The zero-order valence-corrected chi connectivity index (χ0v) is 11.6. The molecule has 0 unspecified atom stereocenters. The fourth-order valence-electron chi connectivity index (χ4n) is 1.79. The third-order valence-electron chi connectivity index (χ3n) is 3.21. The van der Waals surface area contributed by atoms with Crippen molar-refractivity contribution in [1.82, 2.24) is 5.32 Å². The summed E-state index contributed by atoms with van der Waals surface area (Å²) in [6, 6.07) is 5.56. The normalized spacial score (nSPS) is 16.4. The van der Waals surface area contributed by atoms with E-state index in [9.17, 15) is 4.39 Å². The number of benzene rings is 1. The predicted molar refractivity (Wildman–Crippen MR) is 75.2 cm³/mol. The Morgan fingerprint density at radius 3 is 2.78 bits per heavy atom. The fourth-order valence-corrected chi connectivity index (χ4v) is 1.98. The van der Waals surface area contributed by atoms with Crippen LogP contribution >= 0.6 is 11.6 Å². The Kier molecular flexibility index (Phi) is 4.41. The first-order valence-electron chi connectivity index (χ1n) is 6.45. The average molecular weight is 268 g/mol. The van der Waals surface area contributed by atoms with Crippen LogP contribution in [0.5, 0.6) is 0 Å². The van der Waals surface area contributed by atoms with Crippen molar-refractivity contribution in [3.05, 3.63) is 40.2 Å². The molecule has 98 valence electrons. The van der Waals surface area contributed by atoms with E-state index in [1.54, 1.807) is 12.1 Å². The number of rotatable bonds is 5. The van der Waals surface area contributed by atoms with E-state index < -0.39 is 0 Å². The van der Waals surface area contributed by atoms with Gasteiger partial charge >= 0.3 is 0 Å². The van der Waals surface area contributed by atoms with Gasteiger partial charge in [0, 0.05) is 12.6 Å². The SMILES string of the molecule is CC(C)/C(=C/c1ccc(F)c(Cl)c1)CNC1CC1. The summed E-state index contributed by atoms with van der Waals surface area (Å²) < 4.78 is 13.1. The third kappa shape index (κ3) is 3.82. The van der Waals surface area contributed by atoms with E-state index in [4.69, 9.17) is 11.6 Å². The van der Waals surface area contributed by atoms with Gasteiger partial charge in [0.2, 0.25) is 0 Å². The van der Waals surface area contributed by atoms with E-state index >= 15 is 0 Å². The van der Waals surface area contributed by atoms with Gasteiger partial charge in [-0.1, -0.05) is 43.2 Å². The molecule has 18 heavy (non-hydrogen) atoms. The van der Waals surface area contributed by atoms with Gasteiger partial charge in [-0.25, -0.2) is 4.39 Å². The highest BCUT2D eigenvalue weighted by Crippen LogP contribution is 2.22. The molecule has 1 aliphatic carbocycles. The first kappa shape index (κ1) is 13.6. The molecule has 0 amide bonds. The van der Waals surface area contributed by atoms with Crippen LogP contribution in [0.4, 0.5) is 4.39 Å². The molecule has 0 radical (unpaired) electrons. The van der Waals surface area contributed by atoms with Gasteiger partial charge in [0.05, 0.1) is 5.02 Å². The van der Waals surface area contributed by atoms with Crippen molar-refractivity contribution in [1.29, 1.82) is 0 Å². The minimum absolute atomic E-state index is 0.182. The molecule has 0 aliphatic heterocycles. The molecule has 2 rings (SSSR count). The summed E-state index contributed by atoms with van der Waals surface area (Å²) in [7, 11) is 0. The van der Waals surface area contributed by atoms with Crippen molar-refractivity contribution in [2.45, 2.75) is 32.7 Å². The first-order valence-corrected chi connectivity index (χ1v) is 6.83. The van der Waals surface area contributed by atoms with Gasteiger partial charge in [0.1, 0.15) is 5.82 Å². The number of hydrogen-bond acceptors (Lipinski definition) is 1. The van der Waals surface area contributed by atoms with E-state index in [2.05, 4.69) is 25.2 Å².